The van der Waals surface area contributed by atoms with Crippen molar-refractivity contribution in [3.63, 3.8) is 0 Å². The SMILES string of the molecule is NC(=O)C1CCCN(c2cc(Cl)ccc2CO)C1. The van der Waals surface area contributed by atoms with Gasteiger partial charge < -0.3 is 15.7 Å². The number of aliphatic hydroxyl groups is 1. The number of benzene rings is 1. The summed E-state index contributed by atoms with van der Waals surface area (Å²) in [5.41, 5.74) is 7.09. The largest absolute Gasteiger partial charge is 0.392 e. The van der Waals surface area contributed by atoms with Crippen LogP contribution >= 0.6 is 11.6 Å². The smallest absolute Gasteiger partial charge is 0.222 e. The Labute approximate surface area is 111 Å². The van der Waals surface area contributed by atoms with Gasteiger partial charge in [0.1, 0.15) is 0 Å². The summed E-state index contributed by atoms with van der Waals surface area (Å²) in [7, 11) is 0. The van der Waals surface area contributed by atoms with Crippen molar-refractivity contribution >= 4 is 23.2 Å². The van der Waals surface area contributed by atoms with Crippen molar-refractivity contribution in [2.24, 2.45) is 11.7 Å². The molecule has 1 aromatic rings. The van der Waals surface area contributed by atoms with Crippen LogP contribution in [0.3, 0.4) is 0 Å². The van der Waals surface area contributed by atoms with Gasteiger partial charge in [0.2, 0.25) is 5.91 Å². The number of nitrogens with two attached hydrogens (primary N) is 1. The van der Waals surface area contributed by atoms with E-state index in [-0.39, 0.29) is 18.4 Å². The first-order chi connectivity index (χ1) is 8.61. The Hall–Kier alpha value is -1.26. The summed E-state index contributed by atoms with van der Waals surface area (Å²) in [6.07, 6.45) is 1.76. The van der Waals surface area contributed by atoms with Gasteiger partial charge in [-0.1, -0.05) is 17.7 Å². The second-order valence-electron chi connectivity index (χ2n) is 4.62. The number of anilines is 1. The second kappa shape index (κ2) is 5.59. The Bertz CT molecular complexity index is 451. The fraction of sp³-hybridized carbons (Fsp3) is 0.462. The highest BCUT2D eigenvalue weighted by Crippen LogP contribution is 2.29. The number of nitrogens with zero attached hydrogens (tertiary/aromatic N) is 1. The summed E-state index contributed by atoms with van der Waals surface area (Å²) >= 11 is 5.99. The molecule has 1 saturated heterocycles. The molecule has 1 amide bonds. The van der Waals surface area contributed by atoms with Gasteiger partial charge in [0, 0.05) is 29.4 Å². The third-order valence-electron chi connectivity index (χ3n) is 3.38. The van der Waals surface area contributed by atoms with Gasteiger partial charge in [-0.25, -0.2) is 0 Å². The molecule has 1 atom stereocenters. The lowest BCUT2D eigenvalue weighted by atomic mass is 9.96. The van der Waals surface area contributed by atoms with Crippen LogP contribution in [0.25, 0.3) is 0 Å². The summed E-state index contributed by atoms with van der Waals surface area (Å²) in [6.45, 7) is 1.42. The van der Waals surface area contributed by atoms with Crippen LogP contribution in [0, 0.1) is 5.92 Å². The lowest BCUT2D eigenvalue weighted by Crippen LogP contribution is -2.41. The highest BCUT2D eigenvalue weighted by Gasteiger charge is 2.25. The van der Waals surface area contributed by atoms with E-state index in [0.29, 0.717) is 11.6 Å². The molecular weight excluding hydrogens is 252 g/mol. The number of halogens is 1. The molecule has 0 spiro atoms. The topological polar surface area (TPSA) is 66.6 Å². The standard InChI is InChI=1S/C13H17ClN2O2/c14-11-4-3-10(8-17)12(6-11)16-5-1-2-9(7-16)13(15)18/h3-4,6,9,17H,1-2,5,7-8H2,(H2,15,18). The first-order valence-corrected chi connectivity index (χ1v) is 6.43. The zero-order chi connectivity index (χ0) is 13.1. The molecule has 0 aliphatic carbocycles. The Kier molecular flexibility index (Phi) is 4.09. The Morgan fingerprint density at radius 3 is 3.00 bits per heavy atom. The first kappa shape index (κ1) is 13.2. The van der Waals surface area contributed by atoms with Crippen molar-refractivity contribution in [1.82, 2.24) is 0 Å². The molecule has 2 rings (SSSR count). The van der Waals surface area contributed by atoms with Crippen LogP contribution in [0.4, 0.5) is 5.69 Å². The molecule has 1 aliphatic heterocycles. The predicted octanol–water partition coefficient (Wildman–Crippen LogP) is 1.53. The molecule has 0 aromatic heterocycles. The van der Waals surface area contributed by atoms with Crippen molar-refractivity contribution in [1.29, 1.82) is 0 Å². The van der Waals surface area contributed by atoms with E-state index >= 15 is 0 Å². The lowest BCUT2D eigenvalue weighted by Gasteiger charge is -2.34. The molecule has 4 nitrogen and oxygen atoms in total. The number of amides is 1. The minimum Gasteiger partial charge on any atom is -0.392 e. The number of rotatable bonds is 3. The van der Waals surface area contributed by atoms with Crippen LogP contribution in [0.2, 0.25) is 5.02 Å². The Balaban J connectivity index is 2.25. The van der Waals surface area contributed by atoms with Gasteiger partial charge in [0.15, 0.2) is 0 Å². The number of carbonyl (C=O) groups excluding carboxylic acids is 1. The van der Waals surface area contributed by atoms with E-state index in [0.717, 1.165) is 30.6 Å². The van der Waals surface area contributed by atoms with E-state index in [2.05, 4.69) is 4.90 Å². The molecule has 3 N–H and O–H groups in total. The van der Waals surface area contributed by atoms with Crippen molar-refractivity contribution in [3.8, 4) is 0 Å². The van der Waals surface area contributed by atoms with Crippen molar-refractivity contribution in [3.05, 3.63) is 28.8 Å². The molecule has 1 unspecified atom stereocenters. The minimum absolute atomic E-state index is 0.0375. The summed E-state index contributed by atoms with van der Waals surface area (Å²) in [5.74, 6) is -0.378. The van der Waals surface area contributed by atoms with Gasteiger partial charge in [0.25, 0.3) is 0 Å². The third-order valence-corrected chi connectivity index (χ3v) is 3.62. The molecule has 5 heteroatoms. The maximum absolute atomic E-state index is 11.3. The summed E-state index contributed by atoms with van der Waals surface area (Å²) in [4.78, 5) is 13.4. The van der Waals surface area contributed by atoms with Gasteiger partial charge in [-0.2, -0.15) is 0 Å². The second-order valence-corrected chi connectivity index (χ2v) is 5.06. The molecule has 18 heavy (non-hydrogen) atoms. The van der Waals surface area contributed by atoms with E-state index in [1.807, 2.05) is 12.1 Å². The van der Waals surface area contributed by atoms with Crippen LogP contribution in [0.15, 0.2) is 18.2 Å². The molecule has 0 bridgehead atoms. The highest BCUT2D eigenvalue weighted by molar-refractivity contribution is 6.30. The van der Waals surface area contributed by atoms with Gasteiger partial charge >= 0.3 is 0 Å². The number of hydrogen-bond acceptors (Lipinski definition) is 3. The van der Waals surface area contributed by atoms with Gasteiger partial charge in [-0.05, 0) is 25.0 Å². The fourth-order valence-corrected chi connectivity index (χ4v) is 2.56. The number of carbonyl (C=O) groups is 1. The summed E-state index contributed by atoms with van der Waals surface area (Å²) < 4.78 is 0. The van der Waals surface area contributed by atoms with Gasteiger partial charge in [-0.15, -0.1) is 0 Å². The molecule has 1 aromatic carbocycles. The van der Waals surface area contributed by atoms with Gasteiger partial charge in [0.05, 0.1) is 12.5 Å². The van der Waals surface area contributed by atoms with E-state index in [4.69, 9.17) is 17.3 Å². The van der Waals surface area contributed by atoms with Crippen LogP contribution < -0.4 is 10.6 Å². The van der Waals surface area contributed by atoms with E-state index in [9.17, 15) is 9.90 Å². The molecular formula is C13H17ClN2O2. The van der Waals surface area contributed by atoms with E-state index in [1.165, 1.54) is 0 Å². The zero-order valence-corrected chi connectivity index (χ0v) is 10.9. The van der Waals surface area contributed by atoms with Crippen LogP contribution in [0.5, 0.6) is 0 Å². The number of piperidine rings is 1. The van der Waals surface area contributed by atoms with Crippen molar-refractivity contribution in [2.75, 3.05) is 18.0 Å². The molecule has 1 fully saturated rings. The van der Waals surface area contributed by atoms with Crippen LogP contribution in [-0.4, -0.2) is 24.1 Å². The van der Waals surface area contributed by atoms with Crippen LogP contribution in [-0.2, 0) is 11.4 Å². The molecule has 1 heterocycles. The maximum Gasteiger partial charge on any atom is 0.222 e. The monoisotopic (exact) mass is 268 g/mol. The minimum atomic E-state index is -0.257. The van der Waals surface area contributed by atoms with Crippen molar-refractivity contribution < 1.29 is 9.90 Å². The quantitative estimate of drug-likeness (QED) is 0.874. The molecule has 0 radical (unpaired) electrons. The molecule has 1 aliphatic rings. The van der Waals surface area contributed by atoms with Gasteiger partial charge in [-0.3, -0.25) is 4.79 Å². The Morgan fingerprint density at radius 2 is 2.33 bits per heavy atom. The predicted molar refractivity (Wildman–Crippen MR) is 71.5 cm³/mol. The normalized spacial score (nSPS) is 19.9. The maximum atomic E-state index is 11.3. The fourth-order valence-electron chi connectivity index (χ4n) is 2.39. The number of primary amides is 1. The molecule has 0 saturated carbocycles. The van der Waals surface area contributed by atoms with Crippen molar-refractivity contribution in [2.45, 2.75) is 19.4 Å². The summed E-state index contributed by atoms with van der Waals surface area (Å²) in [5, 5.41) is 9.98. The third kappa shape index (κ3) is 2.76. The Morgan fingerprint density at radius 1 is 1.56 bits per heavy atom. The number of aliphatic hydroxyl groups excluding tert-OH is 1. The highest BCUT2D eigenvalue weighted by atomic mass is 35.5. The van der Waals surface area contributed by atoms with Crippen LogP contribution in [0.1, 0.15) is 18.4 Å². The first-order valence-electron chi connectivity index (χ1n) is 6.05. The summed E-state index contributed by atoms with van der Waals surface area (Å²) in [6, 6.07) is 5.40. The number of hydrogen-bond donors (Lipinski definition) is 2. The average Bonchev–Trinajstić information content (AvgIpc) is 2.39. The van der Waals surface area contributed by atoms with E-state index < -0.39 is 0 Å². The zero-order valence-electron chi connectivity index (χ0n) is 10.1. The molecule has 98 valence electrons. The lowest BCUT2D eigenvalue weighted by molar-refractivity contribution is -0.122. The van der Waals surface area contributed by atoms with E-state index in [1.54, 1.807) is 6.07 Å². The average molecular weight is 269 g/mol.